The maximum atomic E-state index is 12.8. The zero-order chi connectivity index (χ0) is 25.4. The number of thiol groups is 1. The SMILES string of the molecule is NC(CC(=O)O)C(=O)N1CCCC1C(=O)NC(CS)C(=O)NC(Cc1ccc(O)cc1)C(=O)O. The number of nitrogens with zero attached hydrogens (tertiary/aromatic N) is 1. The summed E-state index contributed by atoms with van der Waals surface area (Å²) in [5, 5.41) is 32.5. The minimum absolute atomic E-state index is 0.0147. The maximum Gasteiger partial charge on any atom is 0.326 e. The van der Waals surface area contributed by atoms with Gasteiger partial charge in [0.25, 0.3) is 0 Å². The van der Waals surface area contributed by atoms with Gasteiger partial charge >= 0.3 is 11.9 Å². The molecular formula is C21H28N4O8S. The Morgan fingerprint density at radius 3 is 2.29 bits per heavy atom. The average Bonchev–Trinajstić information content (AvgIpc) is 3.27. The van der Waals surface area contributed by atoms with Gasteiger partial charge in [0.05, 0.1) is 12.5 Å². The molecule has 4 unspecified atom stereocenters. The Bertz CT molecular complexity index is 926. The van der Waals surface area contributed by atoms with Gasteiger partial charge in [0.2, 0.25) is 17.7 Å². The van der Waals surface area contributed by atoms with E-state index in [9.17, 15) is 34.2 Å². The summed E-state index contributed by atoms with van der Waals surface area (Å²) in [5.41, 5.74) is 6.21. The van der Waals surface area contributed by atoms with Gasteiger partial charge in [-0.05, 0) is 30.5 Å². The lowest BCUT2D eigenvalue weighted by molar-refractivity contribution is -0.144. The number of phenolic OH excluding ortho intramolecular Hbond substituents is 1. The minimum atomic E-state index is -1.30. The lowest BCUT2D eigenvalue weighted by Gasteiger charge is -2.28. The number of phenols is 1. The topological polar surface area (TPSA) is 199 Å². The van der Waals surface area contributed by atoms with Gasteiger partial charge in [-0.15, -0.1) is 0 Å². The van der Waals surface area contributed by atoms with E-state index in [0.717, 1.165) is 0 Å². The Kier molecular flexibility index (Phi) is 9.69. The van der Waals surface area contributed by atoms with E-state index < -0.39 is 60.2 Å². The van der Waals surface area contributed by atoms with E-state index in [4.69, 9.17) is 10.8 Å². The standard InChI is InChI=1S/C21H28N4O8S/c22-13(9-17(27)28)20(31)25-7-1-2-16(25)19(30)24-15(10-34)18(29)23-14(21(32)33)8-11-3-5-12(26)6-4-11/h3-6,13-16,26,34H,1-2,7-10,22H2,(H,23,29)(H,24,30)(H,27,28)(H,32,33). The Hall–Kier alpha value is -3.32. The smallest absolute Gasteiger partial charge is 0.326 e. The first-order valence-corrected chi connectivity index (χ1v) is 11.2. The number of hydrogen-bond acceptors (Lipinski definition) is 8. The van der Waals surface area contributed by atoms with E-state index in [1.807, 2.05) is 0 Å². The van der Waals surface area contributed by atoms with Crippen molar-refractivity contribution in [1.82, 2.24) is 15.5 Å². The number of likely N-dealkylation sites (tertiary alicyclic amines) is 1. The Labute approximate surface area is 200 Å². The molecule has 0 aliphatic carbocycles. The van der Waals surface area contributed by atoms with Crippen molar-refractivity contribution >= 4 is 42.3 Å². The van der Waals surface area contributed by atoms with Crippen LogP contribution in [-0.4, -0.2) is 86.3 Å². The fourth-order valence-corrected chi connectivity index (χ4v) is 3.85. The molecule has 1 aliphatic heterocycles. The molecule has 2 rings (SSSR count). The fraction of sp³-hybridized carbons (Fsp3) is 0.476. The summed E-state index contributed by atoms with van der Waals surface area (Å²) in [4.78, 5) is 61.6. The zero-order valence-electron chi connectivity index (χ0n) is 18.2. The molecule has 4 atom stereocenters. The number of nitrogens with two attached hydrogens (primary N) is 1. The molecule has 7 N–H and O–H groups in total. The van der Waals surface area contributed by atoms with Crippen molar-refractivity contribution in [3.63, 3.8) is 0 Å². The van der Waals surface area contributed by atoms with Crippen LogP contribution in [0.3, 0.4) is 0 Å². The molecule has 3 amide bonds. The van der Waals surface area contributed by atoms with Gasteiger partial charge in [-0.1, -0.05) is 12.1 Å². The van der Waals surface area contributed by atoms with Gasteiger partial charge in [-0.3, -0.25) is 19.2 Å². The number of benzene rings is 1. The van der Waals surface area contributed by atoms with Crippen LogP contribution >= 0.6 is 12.6 Å². The number of aliphatic carboxylic acids is 2. The zero-order valence-corrected chi connectivity index (χ0v) is 19.1. The van der Waals surface area contributed by atoms with Gasteiger partial charge in [-0.25, -0.2) is 4.79 Å². The van der Waals surface area contributed by atoms with Crippen LogP contribution in [-0.2, 0) is 30.4 Å². The number of nitrogens with one attached hydrogen (secondary N) is 2. The van der Waals surface area contributed by atoms with Crippen molar-refractivity contribution in [1.29, 1.82) is 0 Å². The predicted molar refractivity (Wildman–Crippen MR) is 122 cm³/mol. The lowest BCUT2D eigenvalue weighted by atomic mass is 10.1. The van der Waals surface area contributed by atoms with Crippen molar-refractivity contribution in [3.05, 3.63) is 29.8 Å². The summed E-state index contributed by atoms with van der Waals surface area (Å²) in [6.07, 6.45) is 0.163. The van der Waals surface area contributed by atoms with Crippen LogP contribution < -0.4 is 16.4 Å². The summed E-state index contributed by atoms with van der Waals surface area (Å²) in [7, 11) is 0. The second kappa shape index (κ2) is 12.2. The normalized spacial score (nSPS) is 17.9. The second-order valence-electron chi connectivity index (χ2n) is 7.91. The third kappa shape index (κ3) is 7.35. The molecule has 12 nitrogen and oxygen atoms in total. The van der Waals surface area contributed by atoms with Crippen LogP contribution in [0, 0.1) is 0 Å². The molecule has 0 bridgehead atoms. The van der Waals surface area contributed by atoms with Gasteiger partial charge < -0.3 is 36.6 Å². The molecule has 1 saturated heterocycles. The predicted octanol–water partition coefficient (Wildman–Crippen LogP) is -1.29. The number of hydrogen-bond donors (Lipinski definition) is 7. The highest BCUT2D eigenvalue weighted by molar-refractivity contribution is 7.80. The van der Waals surface area contributed by atoms with Crippen molar-refractivity contribution in [2.45, 2.75) is 49.9 Å². The number of carboxylic acids is 2. The summed E-state index contributed by atoms with van der Waals surface area (Å²) in [6.45, 7) is 0.218. The van der Waals surface area contributed by atoms with Crippen LogP contribution in [0.25, 0.3) is 0 Å². The molecule has 1 aliphatic rings. The Balaban J connectivity index is 2.02. The van der Waals surface area contributed by atoms with Crippen molar-refractivity contribution in [3.8, 4) is 5.75 Å². The Morgan fingerprint density at radius 2 is 1.74 bits per heavy atom. The third-order valence-electron chi connectivity index (χ3n) is 5.36. The van der Waals surface area contributed by atoms with Crippen molar-refractivity contribution < 1.29 is 39.3 Å². The summed E-state index contributed by atoms with van der Waals surface area (Å²) in [6, 6.07) is 1.12. The molecule has 0 saturated carbocycles. The van der Waals surface area contributed by atoms with Crippen LogP contribution in [0.2, 0.25) is 0 Å². The number of carboxylic acid groups (broad SMARTS) is 2. The van der Waals surface area contributed by atoms with E-state index in [-0.39, 0.29) is 24.5 Å². The van der Waals surface area contributed by atoms with E-state index in [2.05, 4.69) is 23.3 Å². The molecule has 0 aromatic heterocycles. The summed E-state index contributed by atoms with van der Waals surface area (Å²) < 4.78 is 0. The highest BCUT2D eigenvalue weighted by Gasteiger charge is 2.38. The monoisotopic (exact) mass is 496 g/mol. The average molecular weight is 497 g/mol. The minimum Gasteiger partial charge on any atom is -0.508 e. The van der Waals surface area contributed by atoms with Crippen LogP contribution in [0.5, 0.6) is 5.75 Å². The van der Waals surface area contributed by atoms with Crippen molar-refractivity contribution in [2.24, 2.45) is 5.73 Å². The molecule has 0 radical (unpaired) electrons. The lowest BCUT2D eigenvalue weighted by Crippen LogP contribution is -2.57. The fourth-order valence-electron chi connectivity index (χ4n) is 3.59. The molecule has 1 heterocycles. The highest BCUT2D eigenvalue weighted by atomic mass is 32.1. The van der Waals surface area contributed by atoms with Crippen LogP contribution in [0.15, 0.2) is 24.3 Å². The van der Waals surface area contributed by atoms with E-state index in [0.29, 0.717) is 18.4 Å². The van der Waals surface area contributed by atoms with E-state index in [1.165, 1.54) is 29.2 Å². The van der Waals surface area contributed by atoms with Crippen molar-refractivity contribution in [2.75, 3.05) is 12.3 Å². The second-order valence-corrected chi connectivity index (χ2v) is 8.27. The number of aromatic hydroxyl groups is 1. The van der Waals surface area contributed by atoms with Gasteiger partial charge in [0, 0.05) is 18.7 Å². The first kappa shape index (κ1) is 26.9. The van der Waals surface area contributed by atoms with E-state index in [1.54, 1.807) is 0 Å². The molecule has 1 fully saturated rings. The maximum absolute atomic E-state index is 12.8. The highest BCUT2D eigenvalue weighted by Crippen LogP contribution is 2.19. The Morgan fingerprint density at radius 1 is 1.09 bits per heavy atom. The first-order valence-electron chi connectivity index (χ1n) is 10.5. The van der Waals surface area contributed by atoms with Crippen LogP contribution in [0.4, 0.5) is 0 Å². The quantitative estimate of drug-likeness (QED) is 0.182. The molecule has 1 aromatic carbocycles. The van der Waals surface area contributed by atoms with Crippen LogP contribution in [0.1, 0.15) is 24.8 Å². The number of rotatable bonds is 11. The van der Waals surface area contributed by atoms with Gasteiger partial charge in [0.1, 0.15) is 23.9 Å². The third-order valence-corrected chi connectivity index (χ3v) is 5.72. The van der Waals surface area contributed by atoms with E-state index >= 15 is 0 Å². The largest absolute Gasteiger partial charge is 0.508 e. The molecule has 13 heteroatoms. The van der Waals surface area contributed by atoms with Gasteiger partial charge in [-0.2, -0.15) is 12.6 Å². The summed E-state index contributed by atoms with van der Waals surface area (Å²) in [5.74, 6) is -4.74. The number of carbonyl (C=O) groups excluding carboxylic acids is 3. The molecule has 186 valence electrons. The molecule has 0 spiro atoms. The number of carbonyl (C=O) groups is 5. The first-order chi connectivity index (χ1) is 16.0. The molecule has 1 aromatic rings. The van der Waals surface area contributed by atoms with Gasteiger partial charge in [0.15, 0.2) is 0 Å². The number of amides is 3. The molecule has 34 heavy (non-hydrogen) atoms. The molecular weight excluding hydrogens is 468 g/mol. The summed E-state index contributed by atoms with van der Waals surface area (Å²) >= 11 is 4.07.